The molecule has 0 amide bonds. The maximum Gasteiger partial charge on any atom is 0.265 e. The van der Waals surface area contributed by atoms with Crippen LogP contribution in [0.25, 0.3) is 0 Å². The standard InChI is InChI=1S/C13H20O4S/c1-12(2)9-5-6-13(12,7-18(15,16)17)11-8(9)3-4-10(11)14/h8-9,11H,3-7H2,1-2H3,(H,15,16,17). The van der Waals surface area contributed by atoms with Gasteiger partial charge in [0.15, 0.2) is 0 Å². The second-order valence-corrected chi connectivity index (χ2v) is 8.35. The molecule has 0 spiro atoms. The lowest BCUT2D eigenvalue weighted by molar-refractivity contribution is -0.125. The second-order valence-electron chi connectivity index (χ2n) is 6.90. The molecule has 0 aromatic heterocycles. The smallest absolute Gasteiger partial charge is 0.265 e. The Kier molecular flexibility index (Phi) is 2.36. The Morgan fingerprint density at radius 3 is 2.61 bits per heavy atom. The van der Waals surface area contributed by atoms with E-state index in [4.69, 9.17) is 0 Å². The molecule has 1 N–H and O–H groups in total. The fraction of sp³-hybridized carbons (Fsp3) is 0.923. The van der Waals surface area contributed by atoms with Crippen LogP contribution in [0.1, 0.15) is 39.5 Å². The summed E-state index contributed by atoms with van der Waals surface area (Å²) in [6.45, 7) is 4.17. The summed E-state index contributed by atoms with van der Waals surface area (Å²) >= 11 is 0. The van der Waals surface area contributed by atoms with Crippen molar-refractivity contribution in [2.75, 3.05) is 5.75 Å². The van der Waals surface area contributed by atoms with Gasteiger partial charge in [-0.25, -0.2) is 0 Å². The summed E-state index contributed by atoms with van der Waals surface area (Å²) in [5.74, 6) is 0.641. The molecule has 0 aromatic rings. The molecule has 3 aliphatic rings. The highest BCUT2D eigenvalue weighted by Gasteiger charge is 2.71. The van der Waals surface area contributed by atoms with Gasteiger partial charge in [-0.15, -0.1) is 0 Å². The van der Waals surface area contributed by atoms with E-state index in [0.29, 0.717) is 18.3 Å². The number of ketones is 1. The number of hydrogen-bond acceptors (Lipinski definition) is 3. The molecule has 0 aliphatic heterocycles. The van der Waals surface area contributed by atoms with Gasteiger partial charge in [0.1, 0.15) is 5.78 Å². The van der Waals surface area contributed by atoms with Crippen molar-refractivity contribution in [3.63, 3.8) is 0 Å². The number of carbonyl (C=O) groups excluding carboxylic acids is 1. The van der Waals surface area contributed by atoms with Crippen molar-refractivity contribution in [3.8, 4) is 0 Å². The minimum Gasteiger partial charge on any atom is -0.299 e. The Balaban J connectivity index is 2.11. The maximum atomic E-state index is 12.1. The second kappa shape index (κ2) is 3.37. The van der Waals surface area contributed by atoms with Crippen molar-refractivity contribution in [1.82, 2.24) is 0 Å². The monoisotopic (exact) mass is 272 g/mol. The van der Waals surface area contributed by atoms with Gasteiger partial charge in [-0.2, -0.15) is 8.42 Å². The van der Waals surface area contributed by atoms with Crippen LogP contribution >= 0.6 is 0 Å². The van der Waals surface area contributed by atoms with Gasteiger partial charge < -0.3 is 0 Å². The molecular formula is C13H20O4S. The molecule has 0 radical (unpaired) electrons. The predicted molar refractivity (Wildman–Crippen MR) is 66.6 cm³/mol. The van der Waals surface area contributed by atoms with Crippen molar-refractivity contribution in [1.29, 1.82) is 0 Å². The van der Waals surface area contributed by atoms with Gasteiger partial charge in [-0.05, 0) is 36.5 Å². The van der Waals surface area contributed by atoms with Crippen LogP contribution < -0.4 is 0 Å². The van der Waals surface area contributed by atoms with Gasteiger partial charge in [0.2, 0.25) is 0 Å². The maximum absolute atomic E-state index is 12.1. The fourth-order valence-electron chi connectivity index (χ4n) is 5.47. The first kappa shape index (κ1) is 12.6. The van der Waals surface area contributed by atoms with Crippen molar-refractivity contribution in [2.24, 2.45) is 28.6 Å². The highest BCUT2D eigenvalue weighted by atomic mass is 32.2. The van der Waals surface area contributed by atoms with E-state index >= 15 is 0 Å². The zero-order valence-electron chi connectivity index (χ0n) is 10.8. The van der Waals surface area contributed by atoms with E-state index in [9.17, 15) is 17.8 Å². The van der Waals surface area contributed by atoms with Crippen LogP contribution in [0.2, 0.25) is 0 Å². The number of fused-ring (bicyclic) bond motifs is 5. The lowest BCUT2D eigenvalue weighted by Crippen LogP contribution is -2.44. The van der Waals surface area contributed by atoms with Crippen LogP contribution in [0.15, 0.2) is 0 Å². The third-order valence-corrected chi connectivity index (χ3v) is 7.04. The van der Waals surface area contributed by atoms with Crippen molar-refractivity contribution in [2.45, 2.75) is 39.5 Å². The van der Waals surface area contributed by atoms with Gasteiger partial charge >= 0.3 is 0 Å². The van der Waals surface area contributed by atoms with Crippen LogP contribution in [0.4, 0.5) is 0 Å². The lowest BCUT2D eigenvalue weighted by atomic mass is 9.65. The zero-order valence-corrected chi connectivity index (χ0v) is 11.7. The molecule has 4 atom stereocenters. The first-order chi connectivity index (χ1) is 8.19. The molecule has 3 saturated carbocycles. The number of Topliss-reactive ketones (excluding diaryl/α,β-unsaturated/α-hetero) is 1. The van der Waals surface area contributed by atoms with E-state index in [1.807, 2.05) is 0 Å². The summed E-state index contributed by atoms with van der Waals surface area (Å²) in [6.07, 6.45) is 3.26. The molecular weight excluding hydrogens is 252 g/mol. The first-order valence-electron chi connectivity index (χ1n) is 6.67. The van der Waals surface area contributed by atoms with Crippen molar-refractivity contribution in [3.05, 3.63) is 0 Å². The highest BCUT2D eigenvalue weighted by Crippen LogP contribution is 2.73. The third kappa shape index (κ3) is 1.35. The summed E-state index contributed by atoms with van der Waals surface area (Å²) in [5, 5.41) is 0. The van der Waals surface area contributed by atoms with Gasteiger partial charge in [0.05, 0.1) is 5.75 Å². The van der Waals surface area contributed by atoms with E-state index in [2.05, 4.69) is 13.8 Å². The van der Waals surface area contributed by atoms with Gasteiger partial charge in [-0.1, -0.05) is 13.8 Å². The number of rotatable bonds is 2. The molecule has 0 saturated heterocycles. The van der Waals surface area contributed by atoms with Gasteiger partial charge in [0.25, 0.3) is 10.1 Å². The minimum absolute atomic E-state index is 0.131. The SMILES string of the molecule is CC1(C)C2CCC1(CS(=O)(=O)O)C1C(=O)CCC21. The molecule has 0 aromatic carbocycles. The Hall–Kier alpha value is -0.420. The number of carbonyl (C=O) groups is 1. The summed E-state index contributed by atoms with van der Waals surface area (Å²) < 4.78 is 32.1. The lowest BCUT2D eigenvalue weighted by Gasteiger charge is -2.40. The predicted octanol–water partition coefficient (Wildman–Crippen LogP) is 1.91. The summed E-state index contributed by atoms with van der Waals surface area (Å²) in [5.41, 5.74) is -0.683. The summed E-state index contributed by atoms with van der Waals surface area (Å²) in [4.78, 5) is 12.1. The Labute approximate surface area is 108 Å². The van der Waals surface area contributed by atoms with Crippen LogP contribution in [0.3, 0.4) is 0 Å². The Morgan fingerprint density at radius 1 is 1.33 bits per heavy atom. The molecule has 3 rings (SSSR count). The van der Waals surface area contributed by atoms with E-state index in [0.717, 1.165) is 19.3 Å². The van der Waals surface area contributed by atoms with E-state index in [-0.39, 0.29) is 22.9 Å². The molecule has 4 unspecified atom stereocenters. The molecule has 5 heteroatoms. The van der Waals surface area contributed by atoms with E-state index in [1.54, 1.807) is 0 Å². The third-order valence-electron chi connectivity index (χ3n) is 6.16. The zero-order chi connectivity index (χ0) is 13.3. The largest absolute Gasteiger partial charge is 0.299 e. The molecule has 102 valence electrons. The molecule has 3 fully saturated rings. The van der Waals surface area contributed by atoms with E-state index in [1.165, 1.54) is 0 Å². The Bertz CT molecular complexity index is 507. The quantitative estimate of drug-likeness (QED) is 0.779. The average molecular weight is 272 g/mol. The highest BCUT2D eigenvalue weighted by molar-refractivity contribution is 7.85. The van der Waals surface area contributed by atoms with Crippen molar-refractivity contribution >= 4 is 15.9 Å². The summed E-state index contributed by atoms with van der Waals surface area (Å²) in [7, 11) is -4.04. The molecule has 0 heterocycles. The van der Waals surface area contributed by atoms with Crippen LogP contribution in [0, 0.1) is 28.6 Å². The van der Waals surface area contributed by atoms with Gasteiger partial charge in [0, 0.05) is 17.8 Å². The minimum atomic E-state index is -4.04. The number of hydrogen-bond donors (Lipinski definition) is 1. The summed E-state index contributed by atoms with van der Waals surface area (Å²) in [6, 6.07) is 0. The topological polar surface area (TPSA) is 71.4 Å². The fourth-order valence-corrected chi connectivity index (χ4v) is 6.81. The van der Waals surface area contributed by atoms with Crippen LogP contribution in [-0.4, -0.2) is 24.5 Å². The van der Waals surface area contributed by atoms with Crippen molar-refractivity contribution < 1.29 is 17.8 Å². The Morgan fingerprint density at radius 2 is 2.00 bits per heavy atom. The molecule has 3 aliphatic carbocycles. The van der Waals surface area contributed by atoms with Gasteiger partial charge in [-0.3, -0.25) is 9.35 Å². The molecule has 4 nitrogen and oxygen atoms in total. The van der Waals surface area contributed by atoms with Crippen LogP contribution in [0.5, 0.6) is 0 Å². The first-order valence-corrected chi connectivity index (χ1v) is 8.28. The molecule has 18 heavy (non-hydrogen) atoms. The average Bonchev–Trinajstić information content (AvgIpc) is 2.73. The van der Waals surface area contributed by atoms with E-state index < -0.39 is 15.5 Å². The normalized spacial score (nSPS) is 45.5. The van der Waals surface area contributed by atoms with Crippen LogP contribution in [-0.2, 0) is 14.9 Å². The molecule has 2 bridgehead atoms.